The number of furan rings is 1. The zero-order valence-electron chi connectivity index (χ0n) is 10.2. The summed E-state index contributed by atoms with van der Waals surface area (Å²) in [6.07, 6.45) is 1.63. The predicted molar refractivity (Wildman–Crippen MR) is 67.3 cm³/mol. The predicted octanol–water partition coefficient (Wildman–Crippen LogP) is 2.61. The van der Waals surface area contributed by atoms with E-state index in [9.17, 15) is 4.79 Å². The van der Waals surface area contributed by atoms with Crippen LogP contribution in [0.3, 0.4) is 0 Å². The van der Waals surface area contributed by atoms with Crippen LogP contribution in [-0.2, 0) is 13.1 Å². The van der Waals surface area contributed by atoms with E-state index in [1.54, 1.807) is 18.4 Å². The molecule has 0 aliphatic heterocycles. The second-order valence-electron chi connectivity index (χ2n) is 4.21. The minimum atomic E-state index is -0.892. The Hall–Kier alpha value is -2.07. The van der Waals surface area contributed by atoms with Crippen LogP contribution in [0.25, 0.3) is 0 Å². The average Bonchev–Trinajstić information content (AvgIpc) is 2.82. The molecule has 18 heavy (non-hydrogen) atoms. The van der Waals surface area contributed by atoms with Crippen LogP contribution in [-0.4, -0.2) is 23.0 Å². The highest BCUT2D eigenvalue weighted by Gasteiger charge is 2.11. The number of benzene rings is 1. The monoisotopic (exact) mass is 245 g/mol. The van der Waals surface area contributed by atoms with E-state index in [1.165, 1.54) is 0 Å². The fourth-order valence-corrected chi connectivity index (χ4v) is 1.88. The third kappa shape index (κ3) is 2.99. The van der Waals surface area contributed by atoms with E-state index in [1.807, 2.05) is 36.2 Å². The summed E-state index contributed by atoms with van der Waals surface area (Å²) in [6.45, 7) is 1.23. The first kappa shape index (κ1) is 12.4. The van der Waals surface area contributed by atoms with Gasteiger partial charge in [0, 0.05) is 6.54 Å². The lowest BCUT2D eigenvalue weighted by atomic mass is 10.1. The SMILES string of the molecule is CN(Cc1ccco1)Cc1ccccc1C(=O)O. The van der Waals surface area contributed by atoms with Crippen molar-refractivity contribution in [1.82, 2.24) is 4.90 Å². The van der Waals surface area contributed by atoms with E-state index in [4.69, 9.17) is 9.52 Å². The van der Waals surface area contributed by atoms with Crippen LogP contribution < -0.4 is 0 Å². The number of aromatic carboxylic acids is 1. The Kier molecular flexibility index (Phi) is 3.79. The molecule has 0 atom stereocenters. The van der Waals surface area contributed by atoms with Gasteiger partial charge < -0.3 is 9.52 Å². The maximum atomic E-state index is 11.1. The molecule has 0 fully saturated rings. The summed E-state index contributed by atoms with van der Waals surface area (Å²) in [5.41, 5.74) is 1.16. The molecule has 0 radical (unpaired) electrons. The first-order chi connectivity index (χ1) is 8.66. The van der Waals surface area contributed by atoms with Crippen LogP contribution >= 0.6 is 0 Å². The molecule has 0 unspecified atom stereocenters. The van der Waals surface area contributed by atoms with E-state index >= 15 is 0 Å². The van der Waals surface area contributed by atoms with Crippen LogP contribution in [0.5, 0.6) is 0 Å². The lowest BCUT2D eigenvalue weighted by Crippen LogP contribution is -2.18. The first-order valence-electron chi connectivity index (χ1n) is 5.69. The Bertz CT molecular complexity index is 520. The number of carbonyl (C=O) groups is 1. The Balaban J connectivity index is 2.07. The Morgan fingerprint density at radius 3 is 2.67 bits per heavy atom. The van der Waals surface area contributed by atoms with Crippen LogP contribution in [0.15, 0.2) is 47.1 Å². The average molecular weight is 245 g/mol. The van der Waals surface area contributed by atoms with Gasteiger partial charge >= 0.3 is 5.97 Å². The van der Waals surface area contributed by atoms with E-state index in [0.29, 0.717) is 18.7 Å². The van der Waals surface area contributed by atoms with Gasteiger partial charge in [0.25, 0.3) is 0 Å². The number of carboxylic acid groups (broad SMARTS) is 1. The van der Waals surface area contributed by atoms with Gasteiger partial charge in [-0.2, -0.15) is 0 Å². The van der Waals surface area contributed by atoms with E-state index < -0.39 is 5.97 Å². The quantitative estimate of drug-likeness (QED) is 0.879. The molecule has 0 amide bonds. The summed E-state index contributed by atoms with van der Waals surface area (Å²) in [6, 6.07) is 10.8. The molecule has 1 aromatic heterocycles. The second-order valence-corrected chi connectivity index (χ2v) is 4.21. The van der Waals surface area contributed by atoms with Crippen molar-refractivity contribution in [3.63, 3.8) is 0 Å². The van der Waals surface area contributed by atoms with Gasteiger partial charge in [0.1, 0.15) is 5.76 Å². The lowest BCUT2D eigenvalue weighted by Gasteiger charge is -2.16. The number of hydrogen-bond donors (Lipinski definition) is 1. The van der Waals surface area contributed by atoms with Crippen LogP contribution in [0.2, 0.25) is 0 Å². The van der Waals surface area contributed by atoms with Crippen molar-refractivity contribution in [2.45, 2.75) is 13.1 Å². The molecule has 2 rings (SSSR count). The largest absolute Gasteiger partial charge is 0.478 e. The van der Waals surface area contributed by atoms with Gasteiger partial charge in [0.05, 0.1) is 18.4 Å². The number of carboxylic acids is 1. The van der Waals surface area contributed by atoms with Crippen LogP contribution in [0.1, 0.15) is 21.7 Å². The molecule has 1 heterocycles. The molecule has 2 aromatic rings. The van der Waals surface area contributed by atoms with Crippen molar-refractivity contribution in [1.29, 1.82) is 0 Å². The standard InChI is InChI=1S/C14H15NO3/c1-15(10-12-6-4-8-18-12)9-11-5-2-3-7-13(11)14(16)17/h2-8H,9-10H2,1H3,(H,16,17). The van der Waals surface area contributed by atoms with Gasteiger partial charge in [0.15, 0.2) is 0 Å². The molecule has 1 N–H and O–H groups in total. The molecule has 0 saturated heterocycles. The van der Waals surface area contributed by atoms with Crippen molar-refractivity contribution in [2.24, 2.45) is 0 Å². The van der Waals surface area contributed by atoms with Gasteiger partial charge in [-0.15, -0.1) is 0 Å². The lowest BCUT2D eigenvalue weighted by molar-refractivity contribution is 0.0694. The summed E-state index contributed by atoms with van der Waals surface area (Å²) in [5, 5.41) is 9.10. The van der Waals surface area contributed by atoms with Gasteiger partial charge in [-0.1, -0.05) is 18.2 Å². The maximum Gasteiger partial charge on any atom is 0.336 e. The van der Waals surface area contributed by atoms with E-state index in [2.05, 4.69) is 0 Å². The highest BCUT2D eigenvalue weighted by Crippen LogP contribution is 2.13. The third-order valence-corrected chi connectivity index (χ3v) is 2.69. The number of nitrogens with zero attached hydrogens (tertiary/aromatic N) is 1. The van der Waals surface area contributed by atoms with Crippen molar-refractivity contribution in [2.75, 3.05) is 7.05 Å². The fourth-order valence-electron chi connectivity index (χ4n) is 1.88. The normalized spacial score (nSPS) is 10.8. The summed E-state index contributed by atoms with van der Waals surface area (Å²) < 4.78 is 5.26. The molecule has 0 aliphatic carbocycles. The summed E-state index contributed by atoms with van der Waals surface area (Å²) in [5.74, 6) is -0.0256. The van der Waals surface area contributed by atoms with E-state index in [0.717, 1.165) is 11.3 Å². The molecular formula is C14H15NO3. The molecule has 0 spiro atoms. The zero-order chi connectivity index (χ0) is 13.0. The maximum absolute atomic E-state index is 11.1. The Morgan fingerprint density at radius 1 is 1.22 bits per heavy atom. The van der Waals surface area contributed by atoms with Crippen LogP contribution in [0.4, 0.5) is 0 Å². The second kappa shape index (κ2) is 5.51. The molecule has 0 aliphatic rings. The number of rotatable bonds is 5. The fraction of sp³-hybridized carbons (Fsp3) is 0.214. The Labute approximate surface area is 105 Å². The number of hydrogen-bond acceptors (Lipinski definition) is 3. The minimum absolute atomic E-state index is 0.351. The molecule has 94 valence electrons. The molecule has 4 heteroatoms. The molecule has 0 bridgehead atoms. The summed E-state index contributed by atoms with van der Waals surface area (Å²) >= 11 is 0. The molecule has 1 aromatic carbocycles. The van der Waals surface area contributed by atoms with Gasteiger partial charge in [-0.25, -0.2) is 4.79 Å². The topological polar surface area (TPSA) is 53.7 Å². The van der Waals surface area contributed by atoms with Crippen molar-refractivity contribution in [3.05, 3.63) is 59.5 Å². The molecule has 4 nitrogen and oxygen atoms in total. The summed E-state index contributed by atoms with van der Waals surface area (Å²) in [7, 11) is 1.93. The van der Waals surface area contributed by atoms with Gasteiger partial charge in [-0.3, -0.25) is 4.90 Å². The summed E-state index contributed by atoms with van der Waals surface area (Å²) in [4.78, 5) is 13.1. The van der Waals surface area contributed by atoms with Gasteiger partial charge in [0.2, 0.25) is 0 Å². The van der Waals surface area contributed by atoms with E-state index in [-0.39, 0.29) is 0 Å². The van der Waals surface area contributed by atoms with Gasteiger partial charge in [-0.05, 0) is 30.8 Å². The first-order valence-corrected chi connectivity index (χ1v) is 5.69. The highest BCUT2D eigenvalue weighted by molar-refractivity contribution is 5.89. The molecule has 0 saturated carbocycles. The minimum Gasteiger partial charge on any atom is -0.478 e. The smallest absolute Gasteiger partial charge is 0.336 e. The van der Waals surface area contributed by atoms with Crippen molar-refractivity contribution in [3.8, 4) is 0 Å². The Morgan fingerprint density at radius 2 is 2.00 bits per heavy atom. The van der Waals surface area contributed by atoms with Crippen molar-refractivity contribution < 1.29 is 14.3 Å². The zero-order valence-corrected chi connectivity index (χ0v) is 10.2. The third-order valence-electron chi connectivity index (χ3n) is 2.69. The highest BCUT2D eigenvalue weighted by atomic mass is 16.4. The molecular weight excluding hydrogens is 230 g/mol. The van der Waals surface area contributed by atoms with Crippen LogP contribution in [0, 0.1) is 0 Å². The van der Waals surface area contributed by atoms with Crippen molar-refractivity contribution >= 4 is 5.97 Å².